The van der Waals surface area contributed by atoms with Crippen LogP contribution in [0.25, 0.3) is 0 Å². The number of hydrogen-bond acceptors (Lipinski definition) is 3. The molecule has 0 saturated carbocycles. The van der Waals surface area contributed by atoms with E-state index in [4.69, 9.17) is 5.26 Å². The smallest absolute Gasteiger partial charge is 0.237 e. The summed E-state index contributed by atoms with van der Waals surface area (Å²) < 4.78 is 0. The van der Waals surface area contributed by atoms with Crippen molar-refractivity contribution < 1.29 is 4.79 Å². The van der Waals surface area contributed by atoms with Gasteiger partial charge in [-0.1, -0.05) is 30.3 Å². The van der Waals surface area contributed by atoms with E-state index in [0.717, 1.165) is 22.6 Å². The Kier molecular flexibility index (Phi) is 7.09. The first-order valence-electron chi connectivity index (χ1n) is 8.39. The van der Waals surface area contributed by atoms with Gasteiger partial charge in [0.25, 0.3) is 0 Å². The summed E-state index contributed by atoms with van der Waals surface area (Å²) in [6, 6.07) is 16.5. The van der Waals surface area contributed by atoms with Gasteiger partial charge in [-0.15, -0.1) is 11.8 Å². The van der Waals surface area contributed by atoms with Gasteiger partial charge in [0, 0.05) is 18.0 Å². The van der Waals surface area contributed by atoms with Crippen molar-refractivity contribution in [3.05, 3.63) is 64.7 Å². The van der Waals surface area contributed by atoms with Crippen LogP contribution in [0.3, 0.4) is 0 Å². The predicted molar refractivity (Wildman–Crippen MR) is 106 cm³/mol. The highest BCUT2D eigenvalue weighted by molar-refractivity contribution is 7.99. The Morgan fingerprint density at radius 2 is 1.80 bits per heavy atom. The molecule has 0 saturated heterocycles. The lowest BCUT2D eigenvalue weighted by atomic mass is 10.1. The van der Waals surface area contributed by atoms with Crippen LogP contribution in [0.4, 0.5) is 5.69 Å². The van der Waals surface area contributed by atoms with Crippen LogP contribution in [0.2, 0.25) is 0 Å². The summed E-state index contributed by atoms with van der Waals surface area (Å²) in [5.74, 6) is 1.28. The van der Waals surface area contributed by atoms with E-state index >= 15 is 0 Å². The largest absolute Gasteiger partial charge is 0.311 e. The van der Waals surface area contributed by atoms with Crippen molar-refractivity contribution >= 4 is 23.4 Å². The molecule has 3 nitrogen and oxygen atoms in total. The van der Waals surface area contributed by atoms with Gasteiger partial charge in [0.05, 0.1) is 18.2 Å². The number of benzene rings is 2. The molecule has 0 bridgehead atoms. The van der Waals surface area contributed by atoms with Gasteiger partial charge in [-0.2, -0.15) is 5.26 Å². The molecule has 0 aliphatic rings. The topological polar surface area (TPSA) is 44.1 Å². The number of nitrogens with zero attached hydrogens (tertiary/aromatic N) is 2. The average Bonchev–Trinajstić information content (AvgIpc) is 2.56. The number of carbonyl (C=O) groups excluding carboxylic acids is 1. The standard InChI is InChI=1S/C21H24N2OS/c1-16-11-17(2)13-20(12-16)23(10-6-9-22)21(24)15-25-14-19-8-5-4-7-18(19)3/h4-5,7-8,11-13H,6,10,14-15H2,1-3H3. The maximum absolute atomic E-state index is 12.7. The molecule has 130 valence electrons. The summed E-state index contributed by atoms with van der Waals surface area (Å²) in [5.41, 5.74) is 5.64. The minimum absolute atomic E-state index is 0.0545. The van der Waals surface area contributed by atoms with E-state index in [-0.39, 0.29) is 5.91 Å². The molecular weight excluding hydrogens is 328 g/mol. The van der Waals surface area contributed by atoms with Gasteiger partial charge in [0.2, 0.25) is 5.91 Å². The summed E-state index contributed by atoms with van der Waals surface area (Å²) in [6.07, 6.45) is 0.335. The van der Waals surface area contributed by atoms with Crippen LogP contribution in [0.1, 0.15) is 28.7 Å². The Balaban J connectivity index is 2.05. The normalized spacial score (nSPS) is 10.3. The third kappa shape index (κ3) is 5.65. The predicted octanol–water partition coefficient (Wildman–Crippen LogP) is 4.79. The van der Waals surface area contributed by atoms with Gasteiger partial charge < -0.3 is 4.90 Å². The maximum atomic E-state index is 12.7. The lowest BCUT2D eigenvalue weighted by Crippen LogP contribution is -2.33. The number of aryl methyl sites for hydroxylation is 3. The quantitative estimate of drug-likeness (QED) is 0.719. The molecule has 25 heavy (non-hydrogen) atoms. The molecule has 0 N–H and O–H groups in total. The fourth-order valence-electron chi connectivity index (χ4n) is 2.76. The molecule has 4 heteroatoms. The Bertz CT molecular complexity index is 759. The second-order valence-corrected chi connectivity index (χ2v) is 7.20. The van der Waals surface area contributed by atoms with Crippen molar-refractivity contribution in [3.63, 3.8) is 0 Å². The van der Waals surface area contributed by atoms with Crippen molar-refractivity contribution in [1.82, 2.24) is 0 Å². The number of rotatable bonds is 7. The van der Waals surface area contributed by atoms with E-state index < -0.39 is 0 Å². The maximum Gasteiger partial charge on any atom is 0.237 e. The fraction of sp³-hybridized carbons (Fsp3) is 0.333. The summed E-state index contributed by atoms with van der Waals surface area (Å²) in [4.78, 5) is 14.5. The van der Waals surface area contributed by atoms with E-state index in [1.165, 1.54) is 11.1 Å². The average molecular weight is 353 g/mol. The van der Waals surface area contributed by atoms with Crippen LogP contribution in [0.5, 0.6) is 0 Å². The molecule has 2 aromatic carbocycles. The second kappa shape index (κ2) is 9.29. The van der Waals surface area contributed by atoms with Crippen LogP contribution in [0.15, 0.2) is 42.5 Å². The Morgan fingerprint density at radius 3 is 2.44 bits per heavy atom. The highest BCUT2D eigenvalue weighted by Gasteiger charge is 2.16. The highest BCUT2D eigenvalue weighted by atomic mass is 32.2. The minimum Gasteiger partial charge on any atom is -0.311 e. The zero-order chi connectivity index (χ0) is 18.2. The molecule has 0 fully saturated rings. The first-order valence-corrected chi connectivity index (χ1v) is 9.54. The molecule has 0 radical (unpaired) electrons. The molecule has 0 unspecified atom stereocenters. The number of nitriles is 1. The van der Waals surface area contributed by atoms with Crippen LogP contribution >= 0.6 is 11.8 Å². The molecule has 2 rings (SSSR count). The second-order valence-electron chi connectivity index (χ2n) is 6.22. The number of thioether (sulfide) groups is 1. The molecule has 2 aromatic rings. The molecule has 0 atom stereocenters. The Labute approximate surface area is 154 Å². The SMILES string of the molecule is Cc1cc(C)cc(N(CCC#N)C(=O)CSCc2ccccc2C)c1. The van der Waals surface area contributed by atoms with Crippen molar-refractivity contribution in [2.75, 3.05) is 17.2 Å². The van der Waals surface area contributed by atoms with Crippen LogP contribution in [-0.2, 0) is 10.5 Å². The van der Waals surface area contributed by atoms with Gasteiger partial charge in [-0.25, -0.2) is 0 Å². The van der Waals surface area contributed by atoms with E-state index in [0.29, 0.717) is 18.7 Å². The van der Waals surface area contributed by atoms with E-state index in [1.807, 2.05) is 38.1 Å². The van der Waals surface area contributed by atoms with E-state index in [1.54, 1.807) is 16.7 Å². The lowest BCUT2D eigenvalue weighted by molar-refractivity contribution is -0.116. The highest BCUT2D eigenvalue weighted by Crippen LogP contribution is 2.22. The molecule has 0 aliphatic carbocycles. The Hall–Kier alpha value is -2.25. The molecule has 0 aliphatic heterocycles. The van der Waals surface area contributed by atoms with Crippen LogP contribution in [0, 0.1) is 32.1 Å². The third-order valence-electron chi connectivity index (χ3n) is 4.01. The summed E-state index contributed by atoms with van der Waals surface area (Å²) in [5, 5.41) is 8.92. The molecular formula is C21H24N2OS. The number of amides is 1. The van der Waals surface area contributed by atoms with Crippen molar-refractivity contribution in [2.45, 2.75) is 32.9 Å². The monoisotopic (exact) mass is 352 g/mol. The lowest BCUT2D eigenvalue weighted by Gasteiger charge is -2.23. The van der Waals surface area contributed by atoms with Crippen molar-refractivity contribution in [3.8, 4) is 6.07 Å². The molecule has 0 heterocycles. The number of carbonyl (C=O) groups is 1. The summed E-state index contributed by atoms with van der Waals surface area (Å²) >= 11 is 1.62. The first kappa shape index (κ1) is 19.1. The van der Waals surface area contributed by atoms with Crippen LogP contribution in [-0.4, -0.2) is 18.2 Å². The van der Waals surface area contributed by atoms with E-state index in [2.05, 4.69) is 31.2 Å². The van der Waals surface area contributed by atoms with Gasteiger partial charge in [0.15, 0.2) is 0 Å². The molecule has 0 aromatic heterocycles. The van der Waals surface area contributed by atoms with Crippen LogP contribution < -0.4 is 4.90 Å². The van der Waals surface area contributed by atoms with Crippen molar-refractivity contribution in [2.24, 2.45) is 0 Å². The van der Waals surface area contributed by atoms with Crippen molar-refractivity contribution in [1.29, 1.82) is 5.26 Å². The number of hydrogen-bond donors (Lipinski definition) is 0. The van der Waals surface area contributed by atoms with Gasteiger partial charge in [-0.05, 0) is 55.2 Å². The van der Waals surface area contributed by atoms with Gasteiger partial charge >= 0.3 is 0 Å². The zero-order valence-electron chi connectivity index (χ0n) is 15.1. The number of anilines is 1. The van der Waals surface area contributed by atoms with Gasteiger partial charge in [0.1, 0.15) is 0 Å². The van der Waals surface area contributed by atoms with Gasteiger partial charge in [-0.3, -0.25) is 4.79 Å². The molecule has 1 amide bonds. The Morgan fingerprint density at radius 1 is 1.12 bits per heavy atom. The molecule has 0 spiro atoms. The third-order valence-corrected chi connectivity index (χ3v) is 4.98. The minimum atomic E-state index is 0.0545. The summed E-state index contributed by atoms with van der Waals surface area (Å²) in [7, 11) is 0. The zero-order valence-corrected chi connectivity index (χ0v) is 15.9. The fourth-order valence-corrected chi connectivity index (χ4v) is 3.74. The summed E-state index contributed by atoms with van der Waals surface area (Å²) in [6.45, 7) is 6.57. The van der Waals surface area contributed by atoms with E-state index in [9.17, 15) is 4.79 Å². The first-order chi connectivity index (χ1) is 12.0.